The fraction of sp³-hybridized carbons (Fsp3) is 1.00. The summed E-state index contributed by atoms with van der Waals surface area (Å²) in [5, 5.41) is 0. The molecule has 0 aromatic heterocycles. The monoisotopic (exact) mass is 480 g/mol. The first-order valence-electron chi connectivity index (χ1n) is 10.1. The standard InChI is InChI=1S/2C10H21.Hf.H2O/c2*1-3-5-7-9-10-8-6-4-2;;/h2*1,3-10H2,2H3;;1H2. The summed E-state index contributed by atoms with van der Waals surface area (Å²) in [6.45, 7) is 4.61. The molecule has 0 saturated carbocycles. The van der Waals surface area contributed by atoms with Gasteiger partial charge in [-0.15, -0.1) is 0 Å². The predicted octanol–water partition coefficient (Wildman–Crippen LogP) is 7.36. The summed E-state index contributed by atoms with van der Waals surface area (Å²) in [4.78, 5) is 0. The zero-order valence-electron chi connectivity index (χ0n) is 15.7. The first-order chi connectivity index (χ1) is 10.4. The van der Waals surface area contributed by atoms with Gasteiger partial charge >= 0.3 is 148 Å². The van der Waals surface area contributed by atoms with Crippen molar-refractivity contribution < 1.29 is 28.4 Å². The average Bonchev–Trinajstić information content (AvgIpc) is 2.50. The molecule has 0 aromatic rings. The summed E-state index contributed by atoms with van der Waals surface area (Å²) < 4.78 is 3.37. The fourth-order valence-electron chi connectivity index (χ4n) is 2.89. The van der Waals surface area contributed by atoms with Crippen LogP contribution >= 0.6 is 0 Å². The smallest absolute Gasteiger partial charge is 0.412 e. The molecule has 0 rings (SSSR count). The van der Waals surface area contributed by atoms with E-state index in [0.29, 0.717) is 0 Å². The Morgan fingerprint density at radius 3 is 1.00 bits per heavy atom. The Bertz CT molecular complexity index is 155. The van der Waals surface area contributed by atoms with E-state index in [-0.39, 0.29) is 28.4 Å². The van der Waals surface area contributed by atoms with E-state index in [1.807, 2.05) is 0 Å². The predicted molar refractivity (Wildman–Crippen MR) is 98.4 cm³/mol. The molecule has 1 nitrogen and oxygen atoms in total. The van der Waals surface area contributed by atoms with E-state index in [2.05, 4.69) is 13.8 Å². The van der Waals surface area contributed by atoms with Crippen molar-refractivity contribution in [3.8, 4) is 0 Å². The molecule has 0 aliphatic rings. The first kappa shape index (κ1) is 25.1. The molecule has 0 radical (unpaired) electrons. The van der Waals surface area contributed by atoms with Crippen LogP contribution in [0.25, 0.3) is 0 Å². The molecule has 0 heterocycles. The zero-order valence-corrected chi connectivity index (χ0v) is 19.3. The van der Waals surface area contributed by atoms with E-state index in [0.717, 1.165) is 0 Å². The number of unbranched alkanes of at least 4 members (excludes halogenated alkanes) is 14. The third-order valence-electron chi connectivity index (χ3n) is 4.41. The molecule has 0 aromatic carbocycles. The van der Waals surface area contributed by atoms with Gasteiger partial charge < -0.3 is 5.48 Å². The van der Waals surface area contributed by atoms with Crippen molar-refractivity contribution in [2.75, 3.05) is 0 Å². The third kappa shape index (κ3) is 23.1. The van der Waals surface area contributed by atoms with Gasteiger partial charge in [-0.05, 0) is 0 Å². The van der Waals surface area contributed by atoms with Gasteiger partial charge in [-0.25, -0.2) is 0 Å². The van der Waals surface area contributed by atoms with E-state index in [1.165, 1.54) is 89.9 Å². The van der Waals surface area contributed by atoms with Gasteiger partial charge in [0.1, 0.15) is 0 Å². The van der Waals surface area contributed by atoms with Crippen molar-refractivity contribution in [3.63, 3.8) is 0 Å². The maximum absolute atomic E-state index is 2.30. The fourth-order valence-corrected chi connectivity index (χ4v) is 7.38. The Hall–Kier alpha value is 0.830. The van der Waals surface area contributed by atoms with E-state index in [4.69, 9.17) is 0 Å². The molecule has 0 fully saturated rings. The molecule has 134 valence electrons. The van der Waals surface area contributed by atoms with Gasteiger partial charge in [0.2, 0.25) is 0 Å². The first-order valence-corrected chi connectivity index (χ1v) is 15.2. The SMILES string of the molecule is CCCCCCCCC[CH2][Hf][CH2]CCCCCCCCC.O. The van der Waals surface area contributed by atoms with E-state index >= 15 is 0 Å². The minimum absolute atomic E-state index is 0. The Morgan fingerprint density at radius 2 is 0.682 bits per heavy atom. The second kappa shape index (κ2) is 24.1. The molecular formula is C20H44HfO. The third-order valence-corrected chi connectivity index (χ3v) is 9.50. The Balaban J connectivity index is 0. The summed E-state index contributed by atoms with van der Waals surface area (Å²) in [7, 11) is 0. The molecule has 0 aliphatic carbocycles. The maximum atomic E-state index is 2.30. The quantitative estimate of drug-likeness (QED) is 0.145. The van der Waals surface area contributed by atoms with Crippen LogP contribution in [0.2, 0.25) is 8.35 Å². The Labute approximate surface area is 153 Å². The van der Waals surface area contributed by atoms with Gasteiger partial charge in [-0.2, -0.15) is 0 Å². The molecule has 0 unspecified atom stereocenters. The second-order valence-corrected chi connectivity index (χ2v) is 12.1. The Morgan fingerprint density at radius 1 is 0.409 bits per heavy atom. The summed E-state index contributed by atoms with van der Waals surface area (Å²) in [5.41, 5.74) is 0. The van der Waals surface area contributed by atoms with Crippen LogP contribution in [-0.2, 0) is 22.9 Å². The van der Waals surface area contributed by atoms with Crippen molar-refractivity contribution in [1.29, 1.82) is 0 Å². The summed E-state index contributed by atoms with van der Waals surface area (Å²) in [6, 6.07) is 0. The zero-order chi connectivity index (χ0) is 15.4. The summed E-state index contributed by atoms with van der Waals surface area (Å²) >= 11 is -0.154. The molecule has 0 atom stereocenters. The van der Waals surface area contributed by atoms with E-state index < -0.39 is 0 Å². The van der Waals surface area contributed by atoms with E-state index in [1.54, 1.807) is 21.2 Å². The van der Waals surface area contributed by atoms with Crippen LogP contribution in [0.15, 0.2) is 0 Å². The molecule has 0 saturated heterocycles. The minimum Gasteiger partial charge on any atom is -0.412 e. The topological polar surface area (TPSA) is 31.5 Å². The van der Waals surface area contributed by atoms with Gasteiger partial charge in [-0.3, -0.25) is 0 Å². The van der Waals surface area contributed by atoms with Gasteiger partial charge in [0, 0.05) is 0 Å². The molecule has 0 spiro atoms. The van der Waals surface area contributed by atoms with Crippen molar-refractivity contribution in [1.82, 2.24) is 0 Å². The van der Waals surface area contributed by atoms with Crippen molar-refractivity contribution in [2.24, 2.45) is 0 Å². The second-order valence-electron chi connectivity index (χ2n) is 6.70. The van der Waals surface area contributed by atoms with Crippen LogP contribution in [0.3, 0.4) is 0 Å². The van der Waals surface area contributed by atoms with Crippen LogP contribution in [0, 0.1) is 0 Å². The number of rotatable bonds is 18. The van der Waals surface area contributed by atoms with Crippen molar-refractivity contribution in [2.45, 2.75) is 125 Å². The molecule has 2 heteroatoms. The van der Waals surface area contributed by atoms with Crippen LogP contribution in [0.5, 0.6) is 0 Å². The molecule has 0 aliphatic heterocycles. The molecule has 2 N–H and O–H groups in total. The van der Waals surface area contributed by atoms with Crippen LogP contribution in [-0.4, -0.2) is 5.48 Å². The maximum Gasteiger partial charge on any atom is -0.412 e. The minimum atomic E-state index is -0.154. The Kier molecular flexibility index (Phi) is 27.5. The largest absolute Gasteiger partial charge is 0.412 e. The van der Waals surface area contributed by atoms with Crippen LogP contribution in [0.1, 0.15) is 117 Å². The van der Waals surface area contributed by atoms with Gasteiger partial charge in [0.15, 0.2) is 0 Å². The summed E-state index contributed by atoms with van der Waals surface area (Å²) in [5.74, 6) is 0. The van der Waals surface area contributed by atoms with Crippen molar-refractivity contribution >= 4 is 0 Å². The molecule has 22 heavy (non-hydrogen) atoms. The average molecular weight is 479 g/mol. The van der Waals surface area contributed by atoms with Gasteiger partial charge in [-0.1, -0.05) is 0 Å². The number of hydrogen-bond donors (Lipinski definition) is 0. The molecule has 0 bridgehead atoms. The van der Waals surface area contributed by atoms with Gasteiger partial charge in [0.05, 0.1) is 0 Å². The van der Waals surface area contributed by atoms with Crippen LogP contribution in [0.4, 0.5) is 0 Å². The molecule has 0 amide bonds. The van der Waals surface area contributed by atoms with E-state index in [9.17, 15) is 0 Å². The van der Waals surface area contributed by atoms with Crippen LogP contribution < -0.4 is 0 Å². The van der Waals surface area contributed by atoms with Crippen molar-refractivity contribution in [3.05, 3.63) is 0 Å². The summed E-state index contributed by atoms with van der Waals surface area (Å²) in [6.07, 6.45) is 23.9. The van der Waals surface area contributed by atoms with Gasteiger partial charge in [0.25, 0.3) is 0 Å². The molecular weight excluding hydrogens is 435 g/mol. The normalized spacial score (nSPS) is 10.5. The number of hydrogen-bond acceptors (Lipinski definition) is 0.